The van der Waals surface area contributed by atoms with E-state index in [0.29, 0.717) is 16.5 Å². The molecule has 1 saturated heterocycles. The molecule has 1 aromatic heterocycles. The highest BCUT2D eigenvalue weighted by Crippen LogP contribution is 2.25. The number of likely N-dealkylation sites (tertiary alicyclic amines) is 1. The summed E-state index contributed by atoms with van der Waals surface area (Å²) in [5, 5.41) is 11.0. The van der Waals surface area contributed by atoms with Crippen molar-refractivity contribution in [2.75, 3.05) is 19.7 Å². The Bertz CT molecular complexity index is 740. The lowest BCUT2D eigenvalue weighted by Gasteiger charge is -2.29. The van der Waals surface area contributed by atoms with Gasteiger partial charge in [-0.3, -0.25) is 0 Å². The van der Waals surface area contributed by atoms with E-state index >= 15 is 0 Å². The maximum atomic E-state index is 11.8. The minimum Gasteiger partial charge on any atom is -0.423 e. The number of hydrogen-bond acceptors (Lipinski definition) is 3. The Labute approximate surface area is 134 Å². The molecule has 0 radical (unpaired) electrons. The quantitative estimate of drug-likeness (QED) is 0.843. The Hall–Kier alpha value is -1.36. The van der Waals surface area contributed by atoms with Crippen LogP contribution < -0.4 is 10.5 Å². The topological polar surface area (TPSA) is 54.9 Å². The van der Waals surface area contributed by atoms with E-state index in [2.05, 4.69) is 0 Å². The fourth-order valence-corrected chi connectivity index (χ4v) is 3.50. The second-order valence-electron chi connectivity index (χ2n) is 6.26. The first kappa shape index (κ1) is 15.5. The Balaban J connectivity index is 1.96. The zero-order chi connectivity index (χ0) is 15.7. The minimum absolute atomic E-state index is 0.242. The lowest BCUT2D eigenvalue weighted by Crippen LogP contribution is -3.12. The number of aryl methyl sites for hydroxylation is 1. The number of quaternary nitrogens is 1. The molecule has 0 aliphatic carbocycles. The molecule has 2 aromatic rings. The fourth-order valence-electron chi connectivity index (χ4n) is 3.33. The largest absolute Gasteiger partial charge is 0.423 e. The molecule has 118 valence electrons. The number of halogens is 1. The zero-order valence-corrected chi connectivity index (χ0v) is 13.4. The first-order valence-corrected chi connectivity index (χ1v) is 8.12. The lowest BCUT2D eigenvalue weighted by molar-refractivity contribution is -0.922. The van der Waals surface area contributed by atoms with Gasteiger partial charge in [-0.1, -0.05) is 11.6 Å². The number of rotatable bonds is 3. The van der Waals surface area contributed by atoms with Gasteiger partial charge in [-0.2, -0.15) is 0 Å². The van der Waals surface area contributed by atoms with Crippen LogP contribution in [0.1, 0.15) is 24.0 Å². The van der Waals surface area contributed by atoms with Gasteiger partial charge in [0, 0.05) is 28.0 Å². The van der Waals surface area contributed by atoms with E-state index < -0.39 is 0 Å². The SMILES string of the molecule is Cc1cc2oc(=O)cc(C[NH+]3CCC[C@@H](CO)C3)c2cc1Cl. The van der Waals surface area contributed by atoms with E-state index in [1.807, 2.05) is 19.1 Å². The van der Waals surface area contributed by atoms with Crippen LogP contribution >= 0.6 is 11.6 Å². The highest BCUT2D eigenvalue weighted by Gasteiger charge is 2.23. The summed E-state index contributed by atoms with van der Waals surface area (Å²) in [6, 6.07) is 5.28. The average molecular weight is 323 g/mol. The number of benzene rings is 1. The molecule has 1 aliphatic heterocycles. The Morgan fingerprint density at radius 2 is 2.23 bits per heavy atom. The highest BCUT2D eigenvalue weighted by atomic mass is 35.5. The number of hydrogen-bond donors (Lipinski definition) is 2. The third-order valence-electron chi connectivity index (χ3n) is 4.53. The summed E-state index contributed by atoms with van der Waals surface area (Å²) in [4.78, 5) is 13.2. The van der Waals surface area contributed by atoms with Gasteiger partial charge in [0.2, 0.25) is 0 Å². The van der Waals surface area contributed by atoms with E-state index in [0.717, 1.165) is 49.0 Å². The van der Waals surface area contributed by atoms with E-state index in [4.69, 9.17) is 16.0 Å². The molecule has 1 aliphatic rings. The molecule has 0 spiro atoms. The van der Waals surface area contributed by atoms with E-state index in [1.54, 1.807) is 6.07 Å². The summed E-state index contributed by atoms with van der Waals surface area (Å²) >= 11 is 6.23. The molecule has 22 heavy (non-hydrogen) atoms. The standard InChI is InChI=1S/C17H20ClNO3/c1-11-5-16-14(7-15(11)18)13(6-17(21)22-16)9-19-4-2-3-12(8-19)10-20/h5-7,12,20H,2-4,8-10H2,1H3/p+1/t12-/m1/s1. The van der Waals surface area contributed by atoms with Gasteiger partial charge in [0.05, 0.1) is 19.7 Å². The van der Waals surface area contributed by atoms with Gasteiger partial charge in [0.15, 0.2) is 0 Å². The maximum absolute atomic E-state index is 11.8. The molecular weight excluding hydrogens is 302 g/mol. The van der Waals surface area contributed by atoms with Crippen molar-refractivity contribution in [2.45, 2.75) is 26.3 Å². The van der Waals surface area contributed by atoms with Gasteiger partial charge in [0.25, 0.3) is 0 Å². The lowest BCUT2D eigenvalue weighted by atomic mass is 9.98. The van der Waals surface area contributed by atoms with Crippen LogP contribution in [0.4, 0.5) is 0 Å². The van der Waals surface area contributed by atoms with Crippen molar-refractivity contribution >= 4 is 22.6 Å². The molecular formula is C17H21ClNO3+. The van der Waals surface area contributed by atoms with Crippen molar-refractivity contribution in [3.05, 3.63) is 44.8 Å². The van der Waals surface area contributed by atoms with Crippen molar-refractivity contribution < 1.29 is 14.4 Å². The molecule has 2 N–H and O–H groups in total. The first-order chi connectivity index (χ1) is 10.6. The smallest absolute Gasteiger partial charge is 0.336 e. The number of nitrogens with one attached hydrogen (secondary N) is 1. The molecule has 0 amide bonds. The Morgan fingerprint density at radius 1 is 1.41 bits per heavy atom. The molecule has 1 fully saturated rings. The third kappa shape index (κ3) is 3.19. The van der Waals surface area contributed by atoms with Crippen molar-refractivity contribution in [1.29, 1.82) is 0 Å². The molecule has 3 rings (SSSR count). The average Bonchev–Trinajstić information content (AvgIpc) is 2.49. The second kappa shape index (κ2) is 6.41. The predicted molar refractivity (Wildman–Crippen MR) is 86.4 cm³/mol. The van der Waals surface area contributed by atoms with Gasteiger partial charge >= 0.3 is 5.63 Å². The molecule has 0 bridgehead atoms. The predicted octanol–water partition coefficient (Wildman–Crippen LogP) is 1.54. The van der Waals surface area contributed by atoms with E-state index in [9.17, 15) is 9.90 Å². The van der Waals surface area contributed by atoms with Gasteiger partial charge in [-0.05, 0) is 37.5 Å². The molecule has 4 nitrogen and oxygen atoms in total. The van der Waals surface area contributed by atoms with Crippen LogP contribution in [-0.2, 0) is 6.54 Å². The second-order valence-corrected chi connectivity index (χ2v) is 6.67. The molecule has 2 heterocycles. The summed E-state index contributed by atoms with van der Waals surface area (Å²) in [6.07, 6.45) is 2.20. The maximum Gasteiger partial charge on any atom is 0.336 e. The normalized spacial score (nSPS) is 22.1. The van der Waals surface area contributed by atoms with Crippen LogP contribution in [0.3, 0.4) is 0 Å². The van der Waals surface area contributed by atoms with E-state index in [1.165, 1.54) is 4.90 Å². The van der Waals surface area contributed by atoms with Gasteiger partial charge in [-0.25, -0.2) is 4.79 Å². The van der Waals surface area contributed by atoms with Crippen molar-refractivity contribution in [2.24, 2.45) is 5.92 Å². The number of piperidine rings is 1. The number of aliphatic hydroxyl groups excluding tert-OH is 1. The number of fused-ring (bicyclic) bond motifs is 1. The van der Waals surface area contributed by atoms with Crippen molar-refractivity contribution in [1.82, 2.24) is 0 Å². The van der Waals surface area contributed by atoms with Gasteiger partial charge < -0.3 is 14.4 Å². The molecule has 1 aromatic carbocycles. The monoisotopic (exact) mass is 322 g/mol. The van der Waals surface area contributed by atoms with Crippen LogP contribution in [0.2, 0.25) is 5.02 Å². The Morgan fingerprint density at radius 3 is 3.00 bits per heavy atom. The summed E-state index contributed by atoms with van der Waals surface area (Å²) in [5.74, 6) is 0.362. The highest BCUT2D eigenvalue weighted by molar-refractivity contribution is 6.32. The summed E-state index contributed by atoms with van der Waals surface area (Å²) in [7, 11) is 0. The Kier molecular flexibility index (Phi) is 4.52. The summed E-state index contributed by atoms with van der Waals surface area (Å²) in [6.45, 7) is 4.91. The molecule has 2 atom stereocenters. The third-order valence-corrected chi connectivity index (χ3v) is 4.94. The molecule has 0 saturated carbocycles. The zero-order valence-electron chi connectivity index (χ0n) is 12.7. The fraction of sp³-hybridized carbons (Fsp3) is 0.471. The first-order valence-electron chi connectivity index (χ1n) is 7.74. The van der Waals surface area contributed by atoms with Crippen LogP contribution in [0.5, 0.6) is 0 Å². The molecule has 1 unspecified atom stereocenters. The minimum atomic E-state index is -0.320. The van der Waals surface area contributed by atoms with Crippen LogP contribution in [0, 0.1) is 12.8 Å². The molecule has 5 heteroatoms. The van der Waals surface area contributed by atoms with Crippen molar-refractivity contribution in [3.63, 3.8) is 0 Å². The summed E-state index contributed by atoms with van der Waals surface area (Å²) < 4.78 is 5.31. The van der Waals surface area contributed by atoms with Crippen LogP contribution in [0.25, 0.3) is 11.0 Å². The van der Waals surface area contributed by atoms with E-state index in [-0.39, 0.29) is 12.2 Å². The van der Waals surface area contributed by atoms with Crippen LogP contribution in [0.15, 0.2) is 27.4 Å². The van der Waals surface area contributed by atoms with Crippen LogP contribution in [-0.4, -0.2) is 24.8 Å². The van der Waals surface area contributed by atoms with Gasteiger partial charge in [0.1, 0.15) is 12.1 Å². The number of aliphatic hydroxyl groups is 1. The van der Waals surface area contributed by atoms with Crippen molar-refractivity contribution in [3.8, 4) is 0 Å². The van der Waals surface area contributed by atoms with Gasteiger partial charge in [-0.15, -0.1) is 0 Å². The summed E-state index contributed by atoms with van der Waals surface area (Å²) in [5.41, 5.74) is 2.15.